The number of ether oxygens (including phenoxy) is 1. The lowest BCUT2D eigenvalue weighted by molar-refractivity contribution is -0.0688. The highest BCUT2D eigenvalue weighted by atomic mass is 127. The first-order chi connectivity index (χ1) is 12.4. The van der Waals surface area contributed by atoms with Crippen LogP contribution in [-0.2, 0) is 11.2 Å². The maximum Gasteiger partial charge on any atom is 0.162 e. The second-order valence-electron chi connectivity index (χ2n) is 6.34. The monoisotopic (exact) mass is 491 g/mol. The molecule has 140 valence electrons. The second kappa shape index (κ2) is 6.89. The topological polar surface area (TPSA) is 136 Å². The lowest BCUT2D eigenvalue weighted by atomic mass is 9.98. The molecule has 0 radical (unpaired) electrons. The summed E-state index contributed by atoms with van der Waals surface area (Å²) in [6.45, 7) is -0.202. The Kier molecular flexibility index (Phi) is 4.88. The second-order valence-corrected chi connectivity index (χ2v) is 8.50. The zero-order valence-electron chi connectivity index (χ0n) is 13.6. The van der Waals surface area contributed by atoms with E-state index >= 15 is 0 Å². The maximum absolute atomic E-state index is 10.3. The third kappa shape index (κ3) is 2.91. The van der Waals surface area contributed by atoms with Gasteiger partial charge in [-0.1, -0.05) is 0 Å². The van der Waals surface area contributed by atoms with Crippen molar-refractivity contribution in [1.29, 1.82) is 0 Å². The normalized spacial score (nSPS) is 36.3. The van der Waals surface area contributed by atoms with Crippen LogP contribution in [0.15, 0.2) is 26.4 Å². The highest BCUT2D eigenvalue weighted by Gasteiger charge is 2.50. The number of nitrogens with two attached hydrogens (primary N) is 1. The summed E-state index contributed by atoms with van der Waals surface area (Å²) < 4.78 is 6.72. The molecule has 5 N–H and O–H groups in total. The smallest absolute Gasteiger partial charge is 0.162 e. The van der Waals surface area contributed by atoms with E-state index < -0.39 is 30.2 Å². The van der Waals surface area contributed by atoms with Gasteiger partial charge in [-0.25, -0.2) is 9.98 Å². The Morgan fingerprint density at radius 2 is 2.23 bits per heavy atom. The van der Waals surface area contributed by atoms with E-state index in [1.165, 1.54) is 6.34 Å². The molecule has 1 fully saturated rings. The molecular formula is C15H18IN5O4S. The van der Waals surface area contributed by atoms with Gasteiger partial charge < -0.3 is 30.7 Å². The summed E-state index contributed by atoms with van der Waals surface area (Å²) in [5.41, 5.74) is 6.04. The molecule has 0 spiro atoms. The summed E-state index contributed by atoms with van der Waals surface area (Å²) in [5, 5.41) is 31.6. The van der Waals surface area contributed by atoms with E-state index in [2.05, 4.69) is 37.6 Å². The van der Waals surface area contributed by atoms with Gasteiger partial charge in [-0.05, 0) is 34.0 Å². The van der Waals surface area contributed by atoms with Gasteiger partial charge in [-0.2, -0.15) is 0 Å². The van der Waals surface area contributed by atoms with Crippen molar-refractivity contribution < 1.29 is 20.1 Å². The summed E-state index contributed by atoms with van der Waals surface area (Å²) in [5.74, 6) is 0.476. The van der Waals surface area contributed by atoms with Crippen LogP contribution in [-0.4, -0.2) is 81.6 Å². The molecule has 11 heteroatoms. The number of fused-ring (bicyclic) bond motifs is 1. The molecule has 0 amide bonds. The van der Waals surface area contributed by atoms with Crippen LogP contribution in [0.1, 0.15) is 4.88 Å². The number of nitrogens with zero attached hydrogens (tertiary/aromatic N) is 4. The van der Waals surface area contributed by atoms with Crippen molar-refractivity contribution in [1.82, 2.24) is 4.90 Å². The predicted octanol–water partition coefficient (Wildman–Crippen LogP) is -0.856. The van der Waals surface area contributed by atoms with E-state index in [9.17, 15) is 15.3 Å². The van der Waals surface area contributed by atoms with E-state index in [0.717, 1.165) is 8.45 Å². The Morgan fingerprint density at radius 1 is 1.42 bits per heavy atom. The average Bonchev–Trinajstić information content (AvgIpc) is 3.29. The van der Waals surface area contributed by atoms with Gasteiger partial charge in [0.25, 0.3) is 0 Å². The van der Waals surface area contributed by atoms with Crippen molar-refractivity contribution in [2.24, 2.45) is 20.7 Å². The molecule has 1 aromatic heterocycles. The van der Waals surface area contributed by atoms with Crippen LogP contribution >= 0.6 is 33.9 Å². The number of rotatable bonds is 4. The van der Waals surface area contributed by atoms with Gasteiger partial charge in [0.2, 0.25) is 0 Å². The molecule has 4 rings (SSSR count). The third-order valence-corrected chi connectivity index (χ3v) is 6.99. The summed E-state index contributed by atoms with van der Waals surface area (Å²) in [4.78, 5) is 15.9. The minimum absolute atomic E-state index is 0.185. The Morgan fingerprint density at radius 3 is 2.88 bits per heavy atom. The first kappa shape index (κ1) is 18.4. The van der Waals surface area contributed by atoms with Gasteiger partial charge in [0.1, 0.15) is 37.0 Å². The molecular weight excluding hydrogens is 473 g/mol. The fraction of sp³-hybridized carbons (Fsp3) is 0.533. The molecule has 0 aromatic carbocycles. The first-order valence-electron chi connectivity index (χ1n) is 8.01. The van der Waals surface area contributed by atoms with Gasteiger partial charge in [0.05, 0.1) is 6.61 Å². The van der Waals surface area contributed by atoms with Crippen LogP contribution in [0, 0.1) is 3.57 Å². The average molecular weight is 491 g/mol. The minimum atomic E-state index is -1.19. The Hall–Kier alpha value is -0.960. The fourth-order valence-electron chi connectivity index (χ4n) is 3.30. The van der Waals surface area contributed by atoms with Crippen LogP contribution in [0.4, 0.5) is 0 Å². The zero-order chi connectivity index (χ0) is 18.5. The molecule has 1 aromatic rings. The summed E-state index contributed by atoms with van der Waals surface area (Å²) in [7, 11) is 0. The summed E-state index contributed by atoms with van der Waals surface area (Å²) in [6, 6.07) is 2.02. The van der Waals surface area contributed by atoms with E-state index in [-0.39, 0.29) is 13.3 Å². The number of hydrogen-bond acceptors (Lipinski definition) is 10. The maximum atomic E-state index is 10.3. The standard InChI is InChI=1S/C15H18IN5O4S/c16-7-1-2-26-9(7)3-15(17)12-13(18-5-20-15)21(6-19-12)14-11(24)10(23)8(4-22)25-14/h1-2,5,8,10-11,14,22-24H,3-4,6,17H2/t8-,10-,11-,14-,15?/m1/s1. The van der Waals surface area contributed by atoms with E-state index in [0.29, 0.717) is 18.0 Å². The number of aliphatic hydroxyl groups excluding tert-OH is 3. The van der Waals surface area contributed by atoms with E-state index in [1.807, 2.05) is 11.4 Å². The summed E-state index contributed by atoms with van der Waals surface area (Å²) in [6.07, 6.45) is -2.20. The molecule has 3 aliphatic rings. The molecule has 3 aliphatic heterocycles. The molecule has 0 aliphatic carbocycles. The van der Waals surface area contributed by atoms with Crippen molar-refractivity contribution in [2.45, 2.75) is 36.6 Å². The van der Waals surface area contributed by atoms with Crippen molar-refractivity contribution in [3.8, 4) is 0 Å². The minimum Gasteiger partial charge on any atom is -0.394 e. The van der Waals surface area contributed by atoms with Gasteiger partial charge >= 0.3 is 0 Å². The predicted molar refractivity (Wildman–Crippen MR) is 105 cm³/mol. The van der Waals surface area contributed by atoms with Crippen molar-refractivity contribution in [3.63, 3.8) is 0 Å². The highest BCUT2D eigenvalue weighted by Crippen LogP contribution is 2.31. The molecule has 0 bridgehead atoms. The molecule has 1 unspecified atom stereocenters. The van der Waals surface area contributed by atoms with Crippen LogP contribution in [0.2, 0.25) is 0 Å². The van der Waals surface area contributed by atoms with Crippen molar-refractivity contribution in [2.75, 3.05) is 13.3 Å². The van der Waals surface area contributed by atoms with E-state index in [4.69, 9.17) is 10.5 Å². The number of halogens is 1. The Labute approximate surface area is 167 Å². The zero-order valence-corrected chi connectivity index (χ0v) is 16.5. The van der Waals surface area contributed by atoms with Crippen LogP contribution in [0.5, 0.6) is 0 Å². The van der Waals surface area contributed by atoms with Crippen LogP contribution in [0.25, 0.3) is 0 Å². The molecule has 26 heavy (non-hydrogen) atoms. The number of hydrogen-bond donors (Lipinski definition) is 4. The van der Waals surface area contributed by atoms with Crippen LogP contribution in [0.3, 0.4) is 0 Å². The molecule has 0 saturated carbocycles. The van der Waals surface area contributed by atoms with Gasteiger partial charge in [-0.3, -0.25) is 4.99 Å². The van der Waals surface area contributed by atoms with E-state index in [1.54, 1.807) is 16.2 Å². The van der Waals surface area contributed by atoms with Gasteiger partial charge in [-0.15, -0.1) is 11.3 Å². The molecule has 9 nitrogen and oxygen atoms in total. The van der Waals surface area contributed by atoms with Crippen molar-refractivity contribution in [3.05, 3.63) is 19.9 Å². The number of aliphatic hydroxyl groups is 3. The first-order valence-corrected chi connectivity index (χ1v) is 9.97. The Bertz CT molecular complexity index is 799. The third-order valence-electron chi connectivity index (χ3n) is 4.69. The fourth-order valence-corrected chi connectivity index (χ4v) is 5.15. The van der Waals surface area contributed by atoms with Crippen LogP contribution < -0.4 is 5.73 Å². The number of aliphatic imine (C=N–C) groups is 3. The largest absolute Gasteiger partial charge is 0.394 e. The molecule has 4 heterocycles. The molecule has 1 saturated heterocycles. The van der Waals surface area contributed by atoms with Crippen molar-refractivity contribution >= 4 is 51.8 Å². The van der Waals surface area contributed by atoms with Gasteiger partial charge in [0.15, 0.2) is 17.7 Å². The lowest BCUT2D eigenvalue weighted by Gasteiger charge is -2.32. The quantitative estimate of drug-likeness (QED) is 0.405. The lowest BCUT2D eigenvalue weighted by Crippen LogP contribution is -2.56. The highest BCUT2D eigenvalue weighted by molar-refractivity contribution is 14.1. The number of thiophene rings is 1. The number of amidine groups is 1. The molecule has 5 atom stereocenters. The SMILES string of the molecule is NC1(Cc2sccc2I)N=CN=C2C1=NCN2[C@@H]1O[C@H](CO)[C@@H](O)[C@H]1O. The van der Waals surface area contributed by atoms with Gasteiger partial charge in [0, 0.05) is 14.9 Å². The summed E-state index contributed by atoms with van der Waals surface area (Å²) >= 11 is 3.87. The Balaban J connectivity index is 1.58.